The number of anilines is 1. The van der Waals surface area contributed by atoms with Gasteiger partial charge in [-0.05, 0) is 13.1 Å². The number of carbonyl (C=O) groups is 1. The van der Waals surface area contributed by atoms with Gasteiger partial charge in [-0.1, -0.05) is 0 Å². The number of fused-ring (bicyclic) bond motifs is 2. The smallest absolute Gasteiger partial charge is 0.246 e. The van der Waals surface area contributed by atoms with Crippen LogP contribution in [0.1, 0.15) is 11.6 Å². The number of likely N-dealkylation sites (N-methyl/N-ethyl adjacent to an activating group) is 1. The second kappa shape index (κ2) is 3.38. The van der Waals surface area contributed by atoms with Crippen molar-refractivity contribution in [3.8, 4) is 11.5 Å². The van der Waals surface area contributed by atoms with Gasteiger partial charge in [0.05, 0.1) is 5.69 Å². The van der Waals surface area contributed by atoms with Gasteiger partial charge in [-0.2, -0.15) is 0 Å². The van der Waals surface area contributed by atoms with E-state index in [4.69, 9.17) is 9.47 Å². The summed E-state index contributed by atoms with van der Waals surface area (Å²) in [5.41, 5.74) is 1.71. The van der Waals surface area contributed by atoms with Crippen LogP contribution in [-0.2, 0) is 4.79 Å². The van der Waals surface area contributed by atoms with Gasteiger partial charge >= 0.3 is 0 Å². The van der Waals surface area contributed by atoms with Crippen LogP contribution in [0.2, 0.25) is 0 Å². The van der Waals surface area contributed by atoms with Crippen molar-refractivity contribution < 1.29 is 14.3 Å². The normalized spacial score (nSPS) is 21.6. The zero-order chi connectivity index (χ0) is 11.1. The number of nitrogens with one attached hydrogen (secondary N) is 2. The highest BCUT2D eigenvalue weighted by Gasteiger charge is 2.31. The lowest BCUT2D eigenvalue weighted by molar-refractivity contribution is -0.117. The van der Waals surface area contributed by atoms with Crippen LogP contribution >= 0.6 is 0 Å². The second-order valence-electron chi connectivity index (χ2n) is 3.79. The molecule has 0 spiro atoms. The van der Waals surface area contributed by atoms with Crippen LogP contribution in [0.15, 0.2) is 12.1 Å². The Hall–Kier alpha value is -1.75. The Bertz CT molecular complexity index is 459. The van der Waals surface area contributed by atoms with Crippen molar-refractivity contribution in [2.45, 2.75) is 6.04 Å². The molecule has 5 nitrogen and oxygen atoms in total. The van der Waals surface area contributed by atoms with Crippen molar-refractivity contribution in [1.29, 1.82) is 0 Å². The zero-order valence-electron chi connectivity index (χ0n) is 8.87. The van der Waals surface area contributed by atoms with Gasteiger partial charge < -0.3 is 20.1 Å². The lowest BCUT2D eigenvalue weighted by Crippen LogP contribution is -2.23. The molecule has 16 heavy (non-hydrogen) atoms. The highest BCUT2D eigenvalue weighted by atomic mass is 16.6. The molecule has 1 atom stereocenters. The SMILES string of the molecule is CNC1C(=O)Nc2cc3c(cc21)OCCO3. The lowest BCUT2D eigenvalue weighted by atomic mass is 10.1. The molecule has 2 heterocycles. The summed E-state index contributed by atoms with van der Waals surface area (Å²) in [5.74, 6) is 1.36. The van der Waals surface area contributed by atoms with E-state index in [1.807, 2.05) is 12.1 Å². The maximum Gasteiger partial charge on any atom is 0.246 e. The number of hydrogen-bond donors (Lipinski definition) is 2. The predicted molar refractivity (Wildman–Crippen MR) is 57.9 cm³/mol. The molecule has 0 aromatic heterocycles. The van der Waals surface area contributed by atoms with Gasteiger partial charge in [0.15, 0.2) is 11.5 Å². The Morgan fingerprint density at radius 3 is 2.69 bits per heavy atom. The van der Waals surface area contributed by atoms with E-state index >= 15 is 0 Å². The van der Waals surface area contributed by atoms with Crippen molar-refractivity contribution in [3.63, 3.8) is 0 Å². The summed E-state index contributed by atoms with van der Waals surface area (Å²) < 4.78 is 10.9. The minimum Gasteiger partial charge on any atom is -0.486 e. The zero-order valence-corrected chi connectivity index (χ0v) is 8.87. The molecule has 1 aromatic rings. The summed E-state index contributed by atoms with van der Waals surface area (Å²) in [6.45, 7) is 1.10. The number of rotatable bonds is 1. The molecule has 0 saturated heterocycles. The summed E-state index contributed by atoms with van der Waals surface area (Å²) in [6.07, 6.45) is 0. The van der Waals surface area contributed by atoms with Gasteiger partial charge in [0.1, 0.15) is 19.3 Å². The Balaban J connectivity index is 2.09. The minimum absolute atomic E-state index is 0.0418. The van der Waals surface area contributed by atoms with Crippen molar-refractivity contribution >= 4 is 11.6 Å². The standard InChI is InChI=1S/C11H12N2O3/c1-12-10-6-4-8-9(16-3-2-15-8)5-7(6)13-11(10)14/h4-5,10,12H,2-3H2,1H3,(H,13,14). The van der Waals surface area contributed by atoms with E-state index in [1.54, 1.807) is 7.05 Å². The monoisotopic (exact) mass is 220 g/mol. The van der Waals surface area contributed by atoms with Crippen LogP contribution in [0.4, 0.5) is 5.69 Å². The maximum absolute atomic E-state index is 11.6. The number of carbonyl (C=O) groups excluding carboxylic acids is 1. The van der Waals surface area contributed by atoms with Crippen LogP contribution in [0.5, 0.6) is 11.5 Å². The van der Waals surface area contributed by atoms with Crippen molar-refractivity contribution in [1.82, 2.24) is 5.32 Å². The van der Waals surface area contributed by atoms with E-state index < -0.39 is 0 Å². The average Bonchev–Trinajstić information content (AvgIpc) is 2.60. The van der Waals surface area contributed by atoms with Crippen LogP contribution in [0.25, 0.3) is 0 Å². The first kappa shape index (κ1) is 9.47. The van der Waals surface area contributed by atoms with E-state index in [9.17, 15) is 4.79 Å². The van der Waals surface area contributed by atoms with Gasteiger partial charge in [0.2, 0.25) is 5.91 Å². The summed E-state index contributed by atoms with van der Waals surface area (Å²) in [6, 6.07) is 3.38. The van der Waals surface area contributed by atoms with Gasteiger partial charge in [-0.3, -0.25) is 4.79 Å². The van der Waals surface area contributed by atoms with E-state index in [1.165, 1.54) is 0 Å². The molecule has 84 valence electrons. The average molecular weight is 220 g/mol. The number of hydrogen-bond acceptors (Lipinski definition) is 4. The van der Waals surface area contributed by atoms with E-state index in [-0.39, 0.29) is 11.9 Å². The molecule has 0 bridgehead atoms. The van der Waals surface area contributed by atoms with Gasteiger partial charge in [-0.15, -0.1) is 0 Å². The maximum atomic E-state index is 11.6. The molecule has 2 N–H and O–H groups in total. The van der Waals surface area contributed by atoms with Crippen LogP contribution < -0.4 is 20.1 Å². The van der Waals surface area contributed by atoms with E-state index in [0.717, 1.165) is 11.3 Å². The van der Waals surface area contributed by atoms with E-state index in [0.29, 0.717) is 24.7 Å². The molecule has 0 aliphatic carbocycles. The predicted octanol–water partition coefficient (Wildman–Crippen LogP) is 0.670. The second-order valence-corrected chi connectivity index (χ2v) is 3.79. The molecule has 5 heteroatoms. The highest BCUT2D eigenvalue weighted by Crippen LogP contribution is 2.41. The Kier molecular flexibility index (Phi) is 2.00. The molecule has 0 saturated carbocycles. The third-order valence-corrected chi connectivity index (χ3v) is 2.83. The van der Waals surface area contributed by atoms with Crippen LogP contribution in [0.3, 0.4) is 0 Å². The Morgan fingerprint density at radius 1 is 1.31 bits per heavy atom. The molecule has 1 amide bonds. The highest BCUT2D eigenvalue weighted by molar-refractivity contribution is 6.03. The summed E-state index contributed by atoms with van der Waals surface area (Å²) in [5, 5.41) is 5.78. The van der Waals surface area contributed by atoms with Crippen molar-refractivity contribution in [2.75, 3.05) is 25.6 Å². The first-order valence-electron chi connectivity index (χ1n) is 5.21. The van der Waals surface area contributed by atoms with Crippen LogP contribution in [-0.4, -0.2) is 26.2 Å². The fraction of sp³-hybridized carbons (Fsp3) is 0.364. The molecule has 2 aliphatic heterocycles. The quantitative estimate of drug-likeness (QED) is 0.730. The Morgan fingerprint density at radius 2 is 2.00 bits per heavy atom. The Labute approximate surface area is 92.7 Å². The fourth-order valence-electron chi connectivity index (χ4n) is 2.08. The fourth-order valence-corrected chi connectivity index (χ4v) is 2.08. The molecule has 0 fully saturated rings. The first-order chi connectivity index (χ1) is 7.79. The largest absolute Gasteiger partial charge is 0.486 e. The number of amides is 1. The molecule has 1 unspecified atom stereocenters. The molecule has 1 aromatic carbocycles. The lowest BCUT2D eigenvalue weighted by Gasteiger charge is -2.19. The third kappa shape index (κ3) is 1.25. The summed E-state index contributed by atoms with van der Waals surface area (Å²) in [7, 11) is 1.76. The number of benzene rings is 1. The topological polar surface area (TPSA) is 59.6 Å². The summed E-state index contributed by atoms with van der Waals surface area (Å²) >= 11 is 0. The molecular formula is C11H12N2O3. The van der Waals surface area contributed by atoms with Crippen molar-refractivity contribution in [3.05, 3.63) is 17.7 Å². The van der Waals surface area contributed by atoms with Crippen LogP contribution in [0, 0.1) is 0 Å². The first-order valence-corrected chi connectivity index (χ1v) is 5.21. The third-order valence-electron chi connectivity index (χ3n) is 2.83. The molecule has 3 rings (SSSR count). The van der Waals surface area contributed by atoms with Crippen molar-refractivity contribution in [2.24, 2.45) is 0 Å². The molecule has 2 aliphatic rings. The van der Waals surface area contributed by atoms with Gasteiger partial charge in [-0.25, -0.2) is 0 Å². The van der Waals surface area contributed by atoms with Gasteiger partial charge in [0, 0.05) is 11.6 Å². The van der Waals surface area contributed by atoms with E-state index in [2.05, 4.69) is 10.6 Å². The molecular weight excluding hydrogens is 208 g/mol. The summed E-state index contributed by atoms with van der Waals surface area (Å²) in [4.78, 5) is 11.6. The molecule has 0 radical (unpaired) electrons. The minimum atomic E-state index is -0.300. The number of ether oxygens (including phenoxy) is 2. The van der Waals surface area contributed by atoms with Gasteiger partial charge in [0.25, 0.3) is 0 Å².